The summed E-state index contributed by atoms with van der Waals surface area (Å²) in [6.07, 6.45) is 11.3. The number of aliphatic hydroxyl groups excluding tert-OH is 2. The highest BCUT2D eigenvalue weighted by Gasteiger charge is 2.36. The topological polar surface area (TPSA) is 52.9 Å². The van der Waals surface area contributed by atoms with E-state index in [1.54, 1.807) is 18.2 Å². The normalized spacial score (nSPS) is 24.9. The van der Waals surface area contributed by atoms with Crippen molar-refractivity contribution in [1.29, 1.82) is 0 Å². The van der Waals surface area contributed by atoms with E-state index >= 15 is 0 Å². The molecule has 0 aromatic heterocycles. The molecular weight excluding hydrogens is 362 g/mol. The van der Waals surface area contributed by atoms with E-state index in [0.29, 0.717) is 17.3 Å². The predicted octanol–water partition coefficient (Wildman–Crippen LogP) is 4.06. The number of likely N-dealkylation sites (N-methyl/N-ethyl adjacent to an activating group) is 1. The van der Waals surface area contributed by atoms with Crippen LogP contribution in [-0.4, -0.2) is 53.6 Å². The molecule has 2 N–H and O–H groups in total. The number of halogens is 1. The molecule has 4 atom stereocenters. The Balaban J connectivity index is 1.85. The standard InChI is InChI=1S/C22H32ClNO3/c1-3-4-5-6-7-11-20-21(24(2)15-22(20)26)13-12-18(25)16-27-19-10-8-9-17(23)14-19/h5-6,8-10,12-14,18,20-22,25-26H,3-4,7,11,15-16H2,1-2H3/b6-5+,13-12+. The number of hydrogen-bond acceptors (Lipinski definition) is 4. The van der Waals surface area contributed by atoms with Gasteiger partial charge in [-0.05, 0) is 44.5 Å². The van der Waals surface area contributed by atoms with Crippen LogP contribution in [0.4, 0.5) is 0 Å². The average molecular weight is 394 g/mol. The number of likely N-dealkylation sites (tertiary alicyclic amines) is 1. The number of hydrogen-bond donors (Lipinski definition) is 2. The van der Waals surface area contributed by atoms with E-state index in [4.69, 9.17) is 16.3 Å². The van der Waals surface area contributed by atoms with Gasteiger partial charge in [0.2, 0.25) is 0 Å². The van der Waals surface area contributed by atoms with Crippen LogP contribution in [0.3, 0.4) is 0 Å². The Morgan fingerprint density at radius 1 is 1.33 bits per heavy atom. The second-order valence-electron chi connectivity index (χ2n) is 7.22. The van der Waals surface area contributed by atoms with Crippen LogP contribution in [-0.2, 0) is 0 Å². The van der Waals surface area contributed by atoms with Crippen molar-refractivity contribution < 1.29 is 14.9 Å². The number of benzene rings is 1. The van der Waals surface area contributed by atoms with Crippen molar-refractivity contribution in [3.63, 3.8) is 0 Å². The maximum absolute atomic E-state index is 10.4. The minimum Gasteiger partial charge on any atom is -0.491 e. The van der Waals surface area contributed by atoms with Crippen LogP contribution in [0, 0.1) is 5.92 Å². The fraction of sp³-hybridized carbons (Fsp3) is 0.545. The summed E-state index contributed by atoms with van der Waals surface area (Å²) in [7, 11) is 2.01. The number of unbranched alkanes of at least 4 members (excludes halogenated alkanes) is 1. The predicted molar refractivity (Wildman–Crippen MR) is 111 cm³/mol. The SMILES string of the molecule is CCC/C=C/CCC1C(O)CN(C)C1/C=C/C(O)COc1cccc(Cl)c1. The molecule has 0 radical (unpaired) electrons. The molecule has 1 fully saturated rings. The Kier molecular flexibility index (Phi) is 9.35. The summed E-state index contributed by atoms with van der Waals surface area (Å²) in [5.74, 6) is 0.818. The smallest absolute Gasteiger partial charge is 0.120 e. The molecule has 0 aliphatic carbocycles. The second kappa shape index (κ2) is 11.5. The molecule has 1 saturated heterocycles. The van der Waals surface area contributed by atoms with Gasteiger partial charge in [-0.3, -0.25) is 4.90 Å². The molecule has 1 heterocycles. The second-order valence-corrected chi connectivity index (χ2v) is 7.66. The molecule has 27 heavy (non-hydrogen) atoms. The molecule has 0 bridgehead atoms. The van der Waals surface area contributed by atoms with Gasteiger partial charge in [-0.25, -0.2) is 0 Å². The Morgan fingerprint density at radius 2 is 2.11 bits per heavy atom. The van der Waals surface area contributed by atoms with E-state index in [0.717, 1.165) is 25.7 Å². The molecule has 1 aromatic rings. The number of allylic oxidation sites excluding steroid dienone is 2. The van der Waals surface area contributed by atoms with Gasteiger partial charge in [-0.1, -0.05) is 55.3 Å². The number of ether oxygens (including phenoxy) is 1. The fourth-order valence-corrected chi connectivity index (χ4v) is 3.67. The fourth-order valence-electron chi connectivity index (χ4n) is 3.49. The van der Waals surface area contributed by atoms with Gasteiger partial charge < -0.3 is 14.9 Å². The number of nitrogens with zero attached hydrogens (tertiary/aromatic N) is 1. The largest absolute Gasteiger partial charge is 0.491 e. The van der Waals surface area contributed by atoms with Gasteiger partial charge in [0.1, 0.15) is 18.5 Å². The van der Waals surface area contributed by atoms with Crippen molar-refractivity contribution in [2.45, 2.75) is 50.9 Å². The first-order valence-corrected chi connectivity index (χ1v) is 10.2. The quantitative estimate of drug-likeness (QED) is 0.588. The maximum atomic E-state index is 10.4. The van der Waals surface area contributed by atoms with E-state index in [1.807, 2.05) is 25.3 Å². The average Bonchev–Trinajstić information content (AvgIpc) is 2.91. The van der Waals surface area contributed by atoms with Gasteiger partial charge in [0.25, 0.3) is 0 Å². The van der Waals surface area contributed by atoms with Crippen LogP contribution >= 0.6 is 11.6 Å². The van der Waals surface area contributed by atoms with Gasteiger partial charge in [0.05, 0.1) is 6.10 Å². The summed E-state index contributed by atoms with van der Waals surface area (Å²) in [6.45, 7) is 3.00. The molecule has 150 valence electrons. The molecule has 0 saturated carbocycles. The molecule has 5 heteroatoms. The van der Waals surface area contributed by atoms with E-state index in [9.17, 15) is 10.2 Å². The van der Waals surface area contributed by atoms with Gasteiger partial charge in [-0.15, -0.1) is 0 Å². The van der Waals surface area contributed by atoms with E-state index in [2.05, 4.69) is 24.0 Å². The lowest BCUT2D eigenvalue weighted by Gasteiger charge is -2.22. The Hall–Kier alpha value is -1.33. The van der Waals surface area contributed by atoms with Crippen LogP contribution in [0.2, 0.25) is 5.02 Å². The minimum atomic E-state index is -0.708. The number of β-amino-alcohol motifs (C(OH)–C–C–N with tert-alkyl or cyclic N) is 1. The molecule has 0 amide bonds. The zero-order valence-corrected chi connectivity index (χ0v) is 17.1. The van der Waals surface area contributed by atoms with Crippen molar-refractivity contribution in [3.05, 3.63) is 53.6 Å². The highest BCUT2D eigenvalue weighted by atomic mass is 35.5. The van der Waals surface area contributed by atoms with Crippen LogP contribution in [0.1, 0.15) is 32.6 Å². The summed E-state index contributed by atoms with van der Waals surface area (Å²) in [4.78, 5) is 2.14. The molecule has 0 spiro atoms. The van der Waals surface area contributed by atoms with Crippen molar-refractivity contribution in [1.82, 2.24) is 4.90 Å². The monoisotopic (exact) mass is 393 g/mol. The number of rotatable bonds is 10. The maximum Gasteiger partial charge on any atom is 0.120 e. The lowest BCUT2D eigenvalue weighted by Crippen LogP contribution is -2.28. The van der Waals surface area contributed by atoms with Crippen LogP contribution in [0.5, 0.6) is 5.75 Å². The first-order valence-electron chi connectivity index (χ1n) is 9.79. The number of aliphatic hydroxyl groups is 2. The van der Waals surface area contributed by atoms with Gasteiger partial charge in [-0.2, -0.15) is 0 Å². The van der Waals surface area contributed by atoms with Crippen LogP contribution in [0.15, 0.2) is 48.6 Å². The zero-order chi connectivity index (χ0) is 19.6. The summed E-state index contributed by atoms with van der Waals surface area (Å²) in [6, 6.07) is 7.25. The molecule has 1 aliphatic rings. The van der Waals surface area contributed by atoms with Crippen LogP contribution in [0.25, 0.3) is 0 Å². The van der Waals surface area contributed by atoms with Crippen molar-refractivity contribution >= 4 is 11.6 Å². The highest BCUT2D eigenvalue weighted by Crippen LogP contribution is 2.29. The van der Waals surface area contributed by atoms with Crippen LogP contribution < -0.4 is 4.74 Å². The minimum absolute atomic E-state index is 0.125. The van der Waals surface area contributed by atoms with E-state index in [-0.39, 0.29) is 24.7 Å². The van der Waals surface area contributed by atoms with E-state index < -0.39 is 6.10 Å². The summed E-state index contributed by atoms with van der Waals surface area (Å²) >= 11 is 5.93. The third kappa shape index (κ3) is 7.30. The Bertz CT molecular complexity index is 619. The molecule has 4 nitrogen and oxygen atoms in total. The third-order valence-corrected chi connectivity index (χ3v) is 5.19. The molecule has 1 aliphatic heterocycles. The zero-order valence-electron chi connectivity index (χ0n) is 16.3. The van der Waals surface area contributed by atoms with Crippen molar-refractivity contribution in [2.75, 3.05) is 20.2 Å². The van der Waals surface area contributed by atoms with Crippen molar-refractivity contribution in [2.24, 2.45) is 5.92 Å². The summed E-state index contributed by atoms with van der Waals surface area (Å²) in [5.41, 5.74) is 0. The van der Waals surface area contributed by atoms with E-state index in [1.165, 1.54) is 0 Å². The van der Waals surface area contributed by atoms with Crippen molar-refractivity contribution in [3.8, 4) is 5.75 Å². The Morgan fingerprint density at radius 3 is 2.85 bits per heavy atom. The first kappa shape index (κ1) is 22.0. The van der Waals surface area contributed by atoms with Gasteiger partial charge in [0, 0.05) is 23.5 Å². The molecular formula is C22H32ClNO3. The summed E-state index contributed by atoms with van der Waals surface area (Å²) < 4.78 is 5.58. The first-order chi connectivity index (χ1) is 13.0. The molecule has 1 aromatic carbocycles. The lowest BCUT2D eigenvalue weighted by atomic mass is 9.92. The Labute approximate surface area is 168 Å². The molecule has 2 rings (SSSR count). The lowest BCUT2D eigenvalue weighted by molar-refractivity contribution is 0.135. The molecule has 4 unspecified atom stereocenters. The van der Waals surface area contributed by atoms with Gasteiger partial charge >= 0.3 is 0 Å². The third-order valence-electron chi connectivity index (χ3n) is 4.95. The summed E-state index contributed by atoms with van der Waals surface area (Å²) in [5, 5.41) is 21.2. The highest BCUT2D eigenvalue weighted by molar-refractivity contribution is 6.30. The van der Waals surface area contributed by atoms with Gasteiger partial charge in [0.15, 0.2) is 0 Å².